The number of carbonyl (C=O) groups excluding carboxylic acids is 1. The van der Waals surface area contributed by atoms with Gasteiger partial charge in [0.25, 0.3) is 0 Å². The number of nitrogens with zero attached hydrogens (tertiary/aromatic N) is 1. The van der Waals surface area contributed by atoms with Crippen LogP contribution in [0.5, 0.6) is 0 Å². The molecule has 2 heterocycles. The largest absolute Gasteiger partial charge is 0.349 e. The van der Waals surface area contributed by atoms with Gasteiger partial charge in [-0.3, -0.25) is 4.79 Å². The van der Waals surface area contributed by atoms with Gasteiger partial charge in [0, 0.05) is 12.0 Å². The van der Waals surface area contributed by atoms with Crippen molar-refractivity contribution in [2.24, 2.45) is 5.92 Å². The summed E-state index contributed by atoms with van der Waals surface area (Å²) in [5, 5.41) is 6.40. The molecule has 4 N–H and O–H groups in total. The number of aromatic nitrogens is 2. The van der Waals surface area contributed by atoms with Gasteiger partial charge < -0.3 is 15.6 Å². The number of hydrogen-bond donors (Lipinski definition) is 4. The standard InChI is InChI=1S/C26H32FN5O3S/c1-16(17-4-8-19(27)9-5-17)29-26(33)18-6-10-20(11-7-18)32-36(34,35)21-12-13-22-24(15-21)31-25(30-22)23-3-2-14-28-23/h4-5,8-9,12-13,15-16,18,20,23,28,32H,2-3,6-7,10-11,14H2,1H3,(H,29,33)(H,30,31). The van der Waals surface area contributed by atoms with Gasteiger partial charge in [-0.1, -0.05) is 12.1 Å². The Labute approximate surface area is 210 Å². The summed E-state index contributed by atoms with van der Waals surface area (Å²) < 4.78 is 42.1. The number of nitrogens with one attached hydrogen (secondary N) is 4. The molecule has 1 aliphatic carbocycles. The molecule has 36 heavy (non-hydrogen) atoms. The van der Waals surface area contributed by atoms with E-state index in [0.29, 0.717) is 31.2 Å². The fourth-order valence-electron chi connectivity index (χ4n) is 5.19. The van der Waals surface area contributed by atoms with Gasteiger partial charge in [-0.15, -0.1) is 0 Å². The monoisotopic (exact) mass is 513 g/mol. The molecule has 0 spiro atoms. The molecule has 0 bridgehead atoms. The number of amides is 1. The summed E-state index contributed by atoms with van der Waals surface area (Å²) in [7, 11) is -3.70. The number of halogens is 1. The zero-order valence-electron chi connectivity index (χ0n) is 20.3. The first kappa shape index (κ1) is 24.9. The van der Waals surface area contributed by atoms with Gasteiger partial charge in [0.05, 0.1) is 28.0 Å². The van der Waals surface area contributed by atoms with Crippen LogP contribution in [-0.2, 0) is 14.8 Å². The van der Waals surface area contributed by atoms with E-state index in [-0.39, 0.29) is 40.7 Å². The molecule has 1 amide bonds. The van der Waals surface area contributed by atoms with Crippen LogP contribution < -0.4 is 15.4 Å². The van der Waals surface area contributed by atoms with Crippen molar-refractivity contribution in [2.75, 3.05) is 6.54 Å². The van der Waals surface area contributed by atoms with Gasteiger partial charge in [0.15, 0.2) is 0 Å². The van der Waals surface area contributed by atoms with Crippen molar-refractivity contribution in [3.05, 3.63) is 59.7 Å². The third-order valence-corrected chi connectivity index (χ3v) is 8.84. The molecular formula is C26H32FN5O3S. The van der Waals surface area contributed by atoms with Crippen molar-refractivity contribution in [3.8, 4) is 0 Å². The lowest BCUT2D eigenvalue weighted by Crippen LogP contribution is -2.41. The van der Waals surface area contributed by atoms with Crippen molar-refractivity contribution < 1.29 is 17.6 Å². The molecule has 2 unspecified atom stereocenters. The van der Waals surface area contributed by atoms with Crippen molar-refractivity contribution in [1.82, 2.24) is 25.3 Å². The summed E-state index contributed by atoms with van der Waals surface area (Å²) in [6.07, 6.45) is 4.50. The molecule has 1 saturated heterocycles. The summed E-state index contributed by atoms with van der Waals surface area (Å²) in [6.45, 7) is 2.83. The van der Waals surface area contributed by atoms with Crippen LogP contribution in [0.3, 0.4) is 0 Å². The smallest absolute Gasteiger partial charge is 0.240 e. The quantitative estimate of drug-likeness (QED) is 0.383. The Kier molecular flexibility index (Phi) is 7.09. The van der Waals surface area contributed by atoms with Crippen LogP contribution in [0.2, 0.25) is 0 Å². The molecule has 1 aliphatic heterocycles. The zero-order chi connectivity index (χ0) is 25.3. The predicted molar refractivity (Wildman–Crippen MR) is 135 cm³/mol. The van der Waals surface area contributed by atoms with Crippen molar-refractivity contribution >= 4 is 27.0 Å². The fraction of sp³-hybridized carbons (Fsp3) is 0.462. The van der Waals surface area contributed by atoms with E-state index < -0.39 is 10.0 Å². The van der Waals surface area contributed by atoms with Crippen LogP contribution in [0.4, 0.5) is 4.39 Å². The Morgan fingerprint density at radius 2 is 1.83 bits per heavy atom. The summed E-state index contributed by atoms with van der Waals surface area (Å²) in [6, 6.07) is 10.8. The number of sulfonamides is 1. The first-order chi connectivity index (χ1) is 17.3. The summed E-state index contributed by atoms with van der Waals surface area (Å²) >= 11 is 0. The summed E-state index contributed by atoms with van der Waals surface area (Å²) in [4.78, 5) is 20.8. The Bertz CT molecular complexity index is 1330. The van der Waals surface area contributed by atoms with Gasteiger partial charge in [-0.25, -0.2) is 22.5 Å². The van der Waals surface area contributed by atoms with Crippen LogP contribution in [0.25, 0.3) is 11.0 Å². The Morgan fingerprint density at radius 1 is 1.08 bits per heavy atom. The first-order valence-corrected chi connectivity index (χ1v) is 14.1. The predicted octanol–water partition coefficient (Wildman–Crippen LogP) is 3.84. The number of aromatic amines is 1. The van der Waals surface area contributed by atoms with Crippen LogP contribution >= 0.6 is 0 Å². The molecule has 2 aliphatic rings. The number of benzene rings is 2. The molecule has 0 radical (unpaired) electrons. The van der Waals surface area contributed by atoms with Gasteiger partial charge in [-0.2, -0.15) is 0 Å². The molecule has 1 aromatic heterocycles. The molecule has 2 atom stereocenters. The lowest BCUT2D eigenvalue weighted by Gasteiger charge is -2.29. The number of rotatable bonds is 7. The highest BCUT2D eigenvalue weighted by molar-refractivity contribution is 7.89. The average molecular weight is 514 g/mol. The maximum Gasteiger partial charge on any atom is 0.240 e. The average Bonchev–Trinajstić information content (AvgIpc) is 3.54. The van der Waals surface area contributed by atoms with Crippen molar-refractivity contribution in [1.29, 1.82) is 0 Å². The molecule has 1 saturated carbocycles. The number of fused-ring (bicyclic) bond motifs is 1. The minimum atomic E-state index is -3.70. The van der Waals surface area contributed by atoms with E-state index in [2.05, 4.69) is 25.3 Å². The molecule has 5 rings (SSSR count). The Hall–Kier alpha value is -2.82. The molecule has 2 fully saturated rings. The lowest BCUT2D eigenvalue weighted by molar-refractivity contribution is -0.126. The topological polar surface area (TPSA) is 116 Å². The van der Waals surface area contributed by atoms with Crippen molar-refractivity contribution in [2.45, 2.75) is 68.5 Å². The van der Waals surface area contributed by atoms with Crippen LogP contribution in [0.15, 0.2) is 47.4 Å². The minimum Gasteiger partial charge on any atom is -0.349 e. The van der Waals surface area contributed by atoms with E-state index in [9.17, 15) is 17.6 Å². The van der Waals surface area contributed by atoms with E-state index in [1.807, 2.05) is 6.92 Å². The molecule has 8 nitrogen and oxygen atoms in total. The number of carbonyl (C=O) groups is 1. The van der Waals surface area contributed by atoms with Crippen LogP contribution in [0.1, 0.15) is 68.9 Å². The van der Waals surface area contributed by atoms with E-state index in [0.717, 1.165) is 36.3 Å². The Balaban J connectivity index is 1.17. The summed E-state index contributed by atoms with van der Waals surface area (Å²) in [5.74, 6) is 0.312. The van der Waals surface area contributed by atoms with Gasteiger partial charge in [-0.05, 0) is 87.9 Å². The van der Waals surface area contributed by atoms with E-state index in [1.165, 1.54) is 12.1 Å². The molecular weight excluding hydrogens is 481 g/mol. The number of hydrogen-bond acceptors (Lipinski definition) is 5. The molecule has 3 aromatic rings. The highest BCUT2D eigenvalue weighted by Gasteiger charge is 2.30. The Morgan fingerprint density at radius 3 is 2.53 bits per heavy atom. The molecule has 10 heteroatoms. The highest BCUT2D eigenvalue weighted by atomic mass is 32.2. The number of imidazole rings is 1. The van der Waals surface area contributed by atoms with Gasteiger partial charge in [0.1, 0.15) is 11.6 Å². The second kappa shape index (κ2) is 10.3. The minimum absolute atomic E-state index is 0.0506. The van der Waals surface area contributed by atoms with Gasteiger partial charge >= 0.3 is 0 Å². The normalized spacial score (nSPS) is 23.6. The fourth-order valence-corrected chi connectivity index (χ4v) is 6.52. The second-order valence-electron chi connectivity index (χ2n) is 9.90. The summed E-state index contributed by atoms with van der Waals surface area (Å²) in [5.41, 5.74) is 2.29. The van der Waals surface area contributed by atoms with E-state index in [1.54, 1.807) is 30.3 Å². The highest BCUT2D eigenvalue weighted by Crippen LogP contribution is 2.28. The molecule has 2 aromatic carbocycles. The molecule has 192 valence electrons. The zero-order valence-corrected chi connectivity index (χ0v) is 21.1. The van der Waals surface area contributed by atoms with Crippen LogP contribution in [0, 0.1) is 11.7 Å². The first-order valence-electron chi connectivity index (χ1n) is 12.6. The lowest BCUT2D eigenvalue weighted by atomic mass is 9.85. The maximum atomic E-state index is 13.2. The third-order valence-electron chi connectivity index (χ3n) is 7.32. The van der Waals surface area contributed by atoms with Crippen molar-refractivity contribution in [3.63, 3.8) is 0 Å². The van der Waals surface area contributed by atoms with E-state index >= 15 is 0 Å². The SMILES string of the molecule is CC(NC(=O)C1CCC(NS(=O)(=O)c2ccc3nc(C4CCCN4)[nH]c3c2)CC1)c1ccc(F)cc1. The van der Waals surface area contributed by atoms with Gasteiger partial charge in [0.2, 0.25) is 15.9 Å². The third kappa shape index (κ3) is 5.45. The number of H-pyrrole nitrogens is 1. The van der Waals surface area contributed by atoms with E-state index in [4.69, 9.17) is 0 Å². The second-order valence-corrected chi connectivity index (χ2v) is 11.6. The van der Waals surface area contributed by atoms with Crippen LogP contribution in [-0.4, -0.2) is 36.9 Å². The maximum absolute atomic E-state index is 13.2.